The maximum atomic E-state index is 13.7. The number of benzene rings is 3. The first-order valence-electron chi connectivity index (χ1n) is 10.9. The quantitative estimate of drug-likeness (QED) is 0.345. The fourth-order valence-electron chi connectivity index (χ4n) is 4.53. The zero-order valence-electron chi connectivity index (χ0n) is 18.6. The number of aliphatic hydroxyl groups excluding tert-OH is 1. The Bertz CT molecular complexity index is 1310. The van der Waals surface area contributed by atoms with Crippen molar-refractivity contribution in [2.45, 2.75) is 25.5 Å². The van der Waals surface area contributed by atoms with E-state index in [1.807, 2.05) is 6.92 Å². The molecule has 7 heteroatoms. The van der Waals surface area contributed by atoms with Crippen molar-refractivity contribution in [3.63, 3.8) is 0 Å². The number of carbonyl (C=O) groups is 2. The molecule has 1 amide bonds. The van der Waals surface area contributed by atoms with Gasteiger partial charge < -0.3 is 14.6 Å². The van der Waals surface area contributed by atoms with Gasteiger partial charge in [0.1, 0.15) is 29.2 Å². The van der Waals surface area contributed by atoms with E-state index in [2.05, 4.69) is 0 Å². The fraction of sp³-hybridized carbons (Fsp3) is 0.185. The summed E-state index contributed by atoms with van der Waals surface area (Å²) >= 11 is 0. The van der Waals surface area contributed by atoms with Crippen molar-refractivity contribution in [3.05, 3.63) is 94.8 Å². The molecule has 3 aromatic rings. The van der Waals surface area contributed by atoms with Crippen molar-refractivity contribution in [3.8, 4) is 11.5 Å². The first kappa shape index (κ1) is 21.7. The Hall–Kier alpha value is -4.13. The Kier molecular flexibility index (Phi) is 5.32. The van der Waals surface area contributed by atoms with Gasteiger partial charge in [0.25, 0.3) is 11.7 Å². The normalized spacial score (nSPS) is 20.9. The van der Waals surface area contributed by atoms with Crippen LogP contribution in [0.2, 0.25) is 0 Å². The predicted molar refractivity (Wildman–Crippen MR) is 124 cm³/mol. The first-order chi connectivity index (χ1) is 16.4. The van der Waals surface area contributed by atoms with Crippen LogP contribution >= 0.6 is 0 Å². The molecule has 3 aromatic carbocycles. The third kappa shape index (κ3) is 3.59. The molecule has 1 saturated heterocycles. The molecule has 0 radical (unpaired) electrons. The summed E-state index contributed by atoms with van der Waals surface area (Å²) in [7, 11) is 1.53. The van der Waals surface area contributed by atoms with Crippen LogP contribution in [0.3, 0.4) is 0 Å². The number of amides is 1. The average Bonchev–Trinajstić information content (AvgIpc) is 3.34. The molecule has 172 valence electrons. The number of aliphatic hydroxyl groups is 1. The van der Waals surface area contributed by atoms with E-state index < -0.39 is 23.5 Å². The zero-order chi connectivity index (χ0) is 24.0. The van der Waals surface area contributed by atoms with Crippen LogP contribution in [0.15, 0.2) is 72.3 Å². The SMILES string of the molecule is COc1ccc(N2C(=O)C(=O)/C(=C(\O)c3ccc4c(c3)CC(C)O4)C2c2ccc(F)cc2)cc1. The minimum absolute atomic E-state index is 0.0206. The lowest BCUT2D eigenvalue weighted by molar-refractivity contribution is -0.132. The van der Waals surface area contributed by atoms with Gasteiger partial charge in [0.15, 0.2) is 0 Å². The van der Waals surface area contributed by atoms with Gasteiger partial charge >= 0.3 is 0 Å². The second-order valence-electron chi connectivity index (χ2n) is 8.37. The van der Waals surface area contributed by atoms with E-state index in [0.29, 0.717) is 29.0 Å². The largest absolute Gasteiger partial charge is 0.507 e. The third-order valence-corrected chi connectivity index (χ3v) is 6.15. The van der Waals surface area contributed by atoms with Crippen molar-refractivity contribution in [1.29, 1.82) is 0 Å². The van der Waals surface area contributed by atoms with Gasteiger partial charge in [-0.25, -0.2) is 4.39 Å². The van der Waals surface area contributed by atoms with Crippen LogP contribution in [0.4, 0.5) is 10.1 Å². The molecule has 2 heterocycles. The van der Waals surface area contributed by atoms with E-state index in [1.165, 1.54) is 36.3 Å². The van der Waals surface area contributed by atoms with E-state index >= 15 is 0 Å². The molecule has 2 aliphatic heterocycles. The summed E-state index contributed by atoms with van der Waals surface area (Å²) in [5.41, 5.74) is 2.22. The molecule has 2 atom stereocenters. The van der Waals surface area contributed by atoms with Crippen molar-refractivity contribution in [1.82, 2.24) is 0 Å². The maximum Gasteiger partial charge on any atom is 0.300 e. The Morgan fingerprint density at radius 2 is 1.76 bits per heavy atom. The monoisotopic (exact) mass is 459 g/mol. The van der Waals surface area contributed by atoms with Gasteiger partial charge in [-0.2, -0.15) is 0 Å². The van der Waals surface area contributed by atoms with Gasteiger partial charge in [0, 0.05) is 17.7 Å². The number of hydrogen-bond acceptors (Lipinski definition) is 5. The van der Waals surface area contributed by atoms with Gasteiger partial charge in [0.05, 0.1) is 18.7 Å². The lowest BCUT2D eigenvalue weighted by Gasteiger charge is -2.25. The van der Waals surface area contributed by atoms with E-state index in [4.69, 9.17) is 9.47 Å². The highest BCUT2D eigenvalue weighted by Crippen LogP contribution is 2.43. The topological polar surface area (TPSA) is 76.1 Å². The number of fused-ring (bicyclic) bond motifs is 1. The molecular formula is C27H22FNO5. The zero-order valence-corrected chi connectivity index (χ0v) is 18.6. The summed E-state index contributed by atoms with van der Waals surface area (Å²) < 4.78 is 24.6. The van der Waals surface area contributed by atoms with Crippen molar-refractivity contribution in [2.75, 3.05) is 12.0 Å². The molecule has 2 aliphatic rings. The van der Waals surface area contributed by atoms with E-state index in [1.54, 1.807) is 42.5 Å². The molecule has 1 fully saturated rings. The number of carbonyl (C=O) groups excluding carboxylic acids is 2. The van der Waals surface area contributed by atoms with Crippen LogP contribution in [0, 0.1) is 5.82 Å². The van der Waals surface area contributed by atoms with Gasteiger partial charge in [-0.3, -0.25) is 14.5 Å². The molecule has 0 saturated carbocycles. The molecule has 0 spiro atoms. The van der Waals surface area contributed by atoms with Crippen LogP contribution < -0.4 is 14.4 Å². The Morgan fingerprint density at radius 1 is 1.06 bits per heavy atom. The number of ether oxygens (including phenoxy) is 2. The predicted octanol–water partition coefficient (Wildman–Crippen LogP) is 4.78. The van der Waals surface area contributed by atoms with E-state index in [9.17, 15) is 19.1 Å². The summed E-state index contributed by atoms with van der Waals surface area (Å²) in [6.07, 6.45) is 0.699. The molecule has 34 heavy (non-hydrogen) atoms. The van der Waals surface area contributed by atoms with Crippen molar-refractivity contribution in [2.24, 2.45) is 0 Å². The fourth-order valence-corrected chi connectivity index (χ4v) is 4.53. The molecule has 0 aliphatic carbocycles. The Balaban J connectivity index is 1.67. The number of Topliss-reactive ketones (excluding diaryl/α,β-unsaturated/α-hetero) is 1. The van der Waals surface area contributed by atoms with Crippen molar-refractivity contribution >= 4 is 23.1 Å². The minimum atomic E-state index is -0.933. The highest BCUT2D eigenvalue weighted by atomic mass is 19.1. The number of ketones is 1. The standard InChI is InChI=1S/C27H22FNO5/c1-15-13-18-14-17(5-12-22(18)34-15)25(30)23-24(16-3-6-19(28)7-4-16)29(27(32)26(23)31)20-8-10-21(33-2)11-9-20/h3-12,14-15,24,30H,13H2,1-2H3/b25-23-. The molecule has 0 aromatic heterocycles. The number of nitrogens with zero attached hydrogens (tertiary/aromatic N) is 1. The Morgan fingerprint density at radius 3 is 2.44 bits per heavy atom. The van der Waals surface area contributed by atoms with Gasteiger partial charge in [0.2, 0.25) is 0 Å². The molecule has 0 bridgehead atoms. The smallest absolute Gasteiger partial charge is 0.300 e. The second-order valence-corrected chi connectivity index (χ2v) is 8.37. The minimum Gasteiger partial charge on any atom is -0.507 e. The van der Waals surface area contributed by atoms with Gasteiger partial charge in [-0.05, 0) is 72.6 Å². The van der Waals surface area contributed by atoms with E-state index in [0.717, 1.165) is 11.3 Å². The molecule has 1 N–H and O–H groups in total. The summed E-state index contributed by atoms with van der Waals surface area (Å²) in [6.45, 7) is 1.95. The second kappa shape index (κ2) is 8.33. The van der Waals surface area contributed by atoms with Crippen molar-refractivity contribution < 1.29 is 28.6 Å². The van der Waals surface area contributed by atoms with Gasteiger partial charge in [-0.1, -0.05) is 12.1 Å². The number of halogens is 1. The summed E-state index contributed by atoms with van der Waals surface area (Å²) in [5, 5.41) is 11.3. The molecule has 6 nitrogen and oxygen atoms in total. The van der Waals surface area contributed by atoms with Crippen LogP contribution in [0.5, 0.6) is 11.5 Å². The van der Waals surface area contributed by atoms with E-state index in [-0.39, 0.29) is 17.4 Å². The highest BCUT2D eigenvalue weighted by molar-refractivity contribution is 6.51. The third-order valence-electron chi connectivity index (χ3n) is 6.15. The summed E-state index contributed by atoms with van der Waals surface area (Å²) in [4.78, 5) is 27.7. The first-order valence-corrected chi connectivity index (χ1v) is 10.9. The lowest BCUT2D eigenvalue weighted by Crippen LogP contribution is -2.29. The molecule has 5 rings (SSSR count). The van der Waals surface area contributed by atoms with Crippen LogP contribution in [0.25, 0.3) is 5.76 Å². The number of rotatable bonds is 4. The van der Waals surface area contributed by atoms with Crippen LogP contribution in [-0.4, -0.2) is 30.0 Å². The Labute approximate surface area is 195 Å². The lowest BCUT2D eigenvalue weighted by atomic mass is 9.94. The highest BCUT2D eigenvalue weighted by Gasteiger charge is 2.47. The number of methoxy groups -OCH3 is 1. The summed E-state index contributed by atoms with van der Waals surface area (Å²) in [5.74, 6) is -0.998. The number of anilines is 1. The van der Waals surface area contributed by atoms with Gasteiger partial charge in [-0.15, -0.1) is 0 Å². The number of hydrogen-bond donors (Lipinski definition) is 1. The molecular weight excluding hydrogens is 437 g/mol. The maximum absolute atomic E-state index is 13.7. The molecule has 2 unspecified atom stereocenters. The summed E-state index contributed by atoms with van der Waals surface area (Å²) in [6, 6.07) is 16.5. The average molecular weight is 459 g/mol. The van der Waals surface area contributed by atoms with Crippen LogP contribution in [0.1, 0.15) is 29.7 Å². The van der Waals surface area contributed by atoms with Crippen LogP contribution in [-0.2, 0) is 16.0 Å².